The lowest BCUT2D eigenvalue weighted by atomic mass is 9.99. The Labute approximate surface area is 175 Å². The van der Waals surface area contributed by atoms with E-state index < -0.39 is 12.1 Å². The molecule has 0 aliphatic carbocycles. The minimum absolute atomic E-state index is 0.317. The number of rotatable bonds is 8. The molecular formula is C24H22O6. The molecule has 30 heavy (non-hydrogen) atoms. The van der Waals surface area contributed by atoms with Gasteiger partial charge in [-0.1, -0.05) is 12.1 Å². The number of hydrogen-bond donors (Lipinski definition) is 0. The highest BCUT2D eigenvalue weighted by molar-refractivity contribution is 6.02. The highest BCUT2D eigenvalue weighted by Crippen LogP contribution is 2.27. The second-order valence-corrected chi connectivity index (χ2v) is 6.38. The molecule has 154 valence electrons. The van der Waals surface area contributed by atoms with Crippen LogP contribution in [-0.2, 0) is 4.74 Å². The monoisotopic (exact) mass is 406 g/mol. The minimum atomic E-state index is -1.11. The Morgan fingerprint density at radius 3 is 1.43 bits per heavy atom. The first-order valence-corrected chi connectivity index (χ1v) is 9.23. The topological polar surface area (TPSA) is 71.1 Å². The molecule has 0 saturated carbocycles. The highest BCUT2D eigenvalue weighted by Gasteiger charge is 2.27. The van der Waals surface area contributed by atoms with Gasteiger partial charge in [-0.2, -0.15) is 0 Å². The van der Waals surface area contributed by atoms with Crippen molar-refractivity contribution in [3.8, 4) is 17.2 Å². The summed E-state index contributed by atoms with van der Waals surface area (Å²) in [7, 11) is 4.65. The number of benzene rings is 3. The second kappa shape index (κ2) is 9.60. The van der Waals surface area contributed by atoms with Crippen LogP contribution in [0.15, 0.2) is 72.8 Å². The summed E-state index contributed by atoms with van der Waals surface area (Å²) in [6.45, 7) is 0. The van der Waals surface area contributed by atoms with Gasteiger partial charge in [-0.15, -0.1) is 0 Å². The number of carbonyl (C=O) groups is 2. The van der Waals surface area contributed by atoms with E-state index in [4.69, 9.17) is 18.9 Å². The summed E-state index contributed by atoms with van der Waals surface area (Å²) in [6.07, 6.45) is -1.11. The first-order chi connectivity index (χ1) is 14.5. The molecule has 0 amide bonds. The van der Waals surface area contributed by atoms with Gasteiger partial charge in [-0.05, 0) is 60.7 Å². The Morgan fingerprint density at radius 2 is 1.00 bits per heavy atom. The van der Waals surface area contributed by atoms with Gasteiger partial charge in [0.05, 0.1) is 26.9 Å². The quantitative estimate of drug-likeness (QED) is 0.405. The van der Waals surface area contributed by atoms with Crippen molar-refractivity contribution in [2.45, 2.75) is 6.10 Å². The first-order valence-electron chi connectivity index (χ1n) is 9.23. The lowest BCUT2D eigenvalue weighted by molar-refractivity contribution is 0.0280. The van der Waals surface area contributed by atoms with Gasteiger partial charge in [0, 0.05) is 11.1 Å². The summed E-state index contributed by atoms with van der Waals surface area (Å²) in [5, 5.41) is 0. The molecule has 1 atom stereocenters. The van der Waals surface area contributed by atoms with E-state index >= 15 is 0 Å². The van der Waals surface area contributed by atoms with E-state index in [1.165, 1.54) is 0 Å². The zero-order valence-electron chi connectivity index (χ0n) is 17.0. The molecule has 0 fully saturated rings. The minimum Gasteiger partial charge on any atom is -0.497 e. The van der Waals surface area contributed by atoms with Crippen molar-refractivity contribution in [1.29, 1.82) is 0 Å². The van der Waals surface area contributed by atoms with Gasteiger partial charge in [-0.25, -0.2) is 4.79 Å². The maximum atomic E-state index is 13.2. The van der Waals surface area contributed by atoms with E-state index in [1.807, 2.05) is 0 Å². The van der Waals surface area contributed by atoms with E-state index in [0.717, 1.165) is 0 Å². The Hall–Kier alpha value is -3.80. The zero-order chi connectivity index (χ0) is 21.5. The maximum Gasteiger partial charge on any atom is 0.339 e. The van der Waals surface area contributed by atoms with Crippen LogP contribution in [0.3, 0.4) is 0 Å². The molecule has 0 aliphatic rings. The van der Waals surface area contributed by atoms with Crippen LogP contribution >= 0.6 is 0 Å². The number of Topliss-reactive ketones (excluding diaryl/α,β-unsaturated/α-hetero) is 1. The lowest BCUT2D eigenvalue weighted by Gasteiger charge is -2.18. The van der Waals surface area contributed by atoms with Gasteiger partial charge < -0.3 is 18.9 Å². The number of ether oxygens (including phenoxy) is 4. The largest absolute Gasteiger partial charge is 0.497 e. The molecule has 0 aromatic heterocycles. The van der Waals surface area contributed by atoms with Crippen LogP contribution in [0.4, 0.5) is 0 Å². The van der Waals surface area contributed by atoms with Crippen LogP contribution in [0.1, 0.15) is 32.4 Å². The fourth-order valence-electron chi connectivity index (χ4n) is 2.86. The Kier molecular flexibility index (Phi) is 6.70. The normalized spacial score (nSPS) is 11.3. The first kappa shape index (κ1) is 20.9. The summed E-state index contributed by atoms with van der Waals surface area (Å²) in [6, 6.07) is 20.0. The van der Waals surface area contributed by atoms with Gasteiger partial charge in [-0.3, -0.25) is 4.79 Å². The van der Waals surface area contributed by atoms with Crippen molar-refractivity contribution < 1.29 is 28.5 Å². The molecule has 0 heterocycles. The van der Waals surface area contributed by atoms with Crippen molar-refractivity contribution in [3.05, 3.63) is 89.5 Å². The third-order valence-corrected chi connectivity index (χ3v) is 4.58. The smallest absolute Gasteiger partial charge is 0.339 e. The van der Waals surface area contributed by atoms with Gasteiger partial charge in [0.15, 0.2) is 6.10 Å². The number of esters is 1. The second-order valence-electron chi connectivity index (χ2n) is 6.38. The predicted molar refractivity (Wildman–Crippen MR) is 111 cm³/mol. The van der Waals surface area contributed by atoms with Crippen molar-refractivity contribution in [3.63, 3.8) is 0 Å². The van der Waals surface area contributed by atoms with Gasteiger partial charge in [0.1, 0.15) is 17.2 Å². The molecule has 0 N–H and O–H groups in total. The molecule has 0 bridgehead atoms. The summed E-state index contributed by atoms with van der Waals surface area (Å²) >= 11 is 0. The lowest BCUT2D eigenvalue weighted by Crippen LogP contribution is -2.20. The summed E-state index contributed by atoms with van der Waals surface area (Å²) in [5.41, 5.74) is 1.26. The standard InChI is InChI=1S/C24H22O6/c1-27-19-10-4-16(5-11-19)22(25)23(17-6-12-20(28-2)13-7-17)30-24(26)18-8-14-21(29-3)15-9-18/h4-15,23H,1-3H3. The van der Waals surface area contributed by atoms with E-state index in [1.54, 1.807) is 94.1 Å². The van der Waals surface area contributed by atoms with Crippen LogP contribution in [0.25, 0.3) is 0 Å². The van der Waals surface area contributed by atoms with Gasteiger partial charge in [0.2, 0.25) is 5.78 Å². The Balaban J connectivity index is 1.90. The average Bonchev–Trinajstić information content (AvgIpc) is 2.82. The van der Waals surface area contributed by atoms with Crippen molar-refractivity contribution in [1.82, 2.24) is 0 Å². The van der Waals surface area contributed by atoms with E-state index in [0.29, 0.717) is 33.9 Å². The Morgan fingerprint density at radius 1 is 0.600 bits per heavy atom. The van der Waals surface area contributed by atoms with Gasteiger partial charge in [0.25, 0.3) is 0 Å². The predicted octanol–water partition coefficient (Wildman–Crippen LogP) is 4.49. The van der Waals surface area contributed by atoms with Crippen molar-refractivity contribution in [2.75, 3.05) is 21.3 Å². The summed E-state index contributed by atoms with van der Waals surface area (Å²) in [5.74, 6) is 0.927. The molecule has 3 aromatic rings. The zero-order valence-corrected chi connectivity index (χ0v) is 17.0. The van der Waals surface area contributed by atoms with E-state index in [9.17, 15) is 9.59 Å². The molecule has 0 spiro atoms. The van der Waals surface area contributed by atoms with Crippen molar-refractivity contribution in [2.24, 2.45) is 0 Å². The molecule has 6 heteroatoms. The van der Waals surface area contributed by atoms with Crippen molar-refractivity contribution >= 4 is 11.8 Å². The Bertz CT molecular complexity index is 991. The van der Waals surface area contributed by atoms with E-state index in [-0.39, 0.29) is 5.78 Å². The average molecular weight is 406 g/mol. The maximum absolute atomic E-state index is 13.2. The third kappa shape index (κ3) is 4.78. The van der Waals surface area contributed by atoms with Crippen LogP contribution in [0.5, 0.6) is 17.2 Å². The van der Waals surface area contributed by atoms with Gasteiger partial charge >= 0.3 is 5.97 Å². The van der Waals surface area contributed by atoms with Crippen LogP contribution in [0.2, 0.25) is 0 Å². The summed E-state index contributed by atoms with van der Waals surface area (Å²) < 4.78 is 21.1. The molecule has 0 aliphatic heterocycles. The molecule has 6 nitrogen and oxygen atoms in total. The van der Waals surface area contributed by atoms with E-state index in [2.05, 4.69) is 0 Å². The number of ketones is 1. The van der Waals surface area contributed by atoms with Crippen LogP contribution < -0.4 is 14.2 Å². The number of hydrogen-bond acceptors (Lipinski definition) is 6. The molecular weight excluding hydrogens is 384 g/mol. The fourth-order valence-corrected chi connectivity index (χ4v) is 2.86. The molecule has 0 saturated heterocycles. The fraction of sp³-hybridized carbons (Fsp3) is 0.167. The molecule has 3 aromatic carbocycles. The molecule has 1 unspecified atom stereocenters. The molecule has 3 rings (SSSR count). The van der Waals surface area contributed by atoms with Crippen LogP contribution in [0, 0.1) is 0 Å². The summed E-state index contributed by atoms with van der Waals surface area (Å²) in [4.78, 5) is 25.9. The third-order valence-electron chi connectivity index (χ3n) is 4.58. The molecule has 0 radical (unpaired) electrons. The number of carbonyl (C=O) groups excluding carboxylic acids is 2. The number of methoxy groups -OCH3 is 3. The highest BCUT2D eigenvalue weighted by atomic mass is 16.5. The van der Waals surface area contributed by atoms with Crippen LogP contribution in [-0.4, -0.2) is 33.1 Å². The SMILES string of the molecule is COc1ccc(C(=O)OC(C(=O)c2ccc(OC)cc2)c2ccc(OC)cc2)cc1.